The Bertz CT molecular complexity index is 901. The minimum Gasteiger partial charge on any atom is -0.489 e. The summed E-state index contributed by atoms with van der Waals surface area (Å²) in [6.45, 7) is 19.1. The van der Waals surface area contributed by atoms with E-state index in [0.717, 1.165) is 52.6 Å². The molecule has 200 valence electrons. The van der Waals surface area contributed by atoms with Crippen molar-refractivity contribution in [2.24, 2.45) is 4.99 Å². The molecule has 0 aliphatic heterocycles. The Morgan fingerprint density at radius 1 is 1.14 bits per heavy atom. The van der Waals surface area contributed by atoms with Crippen molar-refractivity contribution in [3.8, 4) is 11.8 Å². The number of benzene rings is 2. The molecule has 2 aromatic carbocycles. The van der Waals surface area contributed by atoms with E-state index in [1.807, 2.05) is 63.2 Å². The van der Waals surface area contributed by atoms with Crippen molar-refractivity contribution in [2.45, 2.75) is 80.8 Å². The average molecular weight is 516 g/mol. The molecule has 36 heavy (non-hydrogen) atoms. The van der Waals surface area contributed by atoms with E-state index < -0.39 is 0 Å². The third-order valence-electron chi connectivity index (χ3n) is 4.55. The molecule has 1 N–H and O–H groups in total. The summed E-state index contributed by atoms with van der Waals surface area (Å²) in [7, 11) is 1.71. The molecule has 0 aliphatic carbocycles. The Morgan fingerprint density at radius 2 is 1.81 bits per heavy atom. The molecule has 0 atom stereocenters. The van der Waals surface area contributed by atoms with Crippen LogP contribution in [-0.2, 0) is 11.4 Å². The summed E-state index contributed by atoms with van der Waals surface area (Å²) in [5.41, 5.74) is 7.09. The van der Waals surface area contributed by atoms with Crippen molar-refractivity contribution >= 4 is 23.5 Å². The first-order valence-corrected chi connectivity index (χ1v) is 12.9. The lowest BCUT2D eigenvalue weighted by molar-refractivity contribution is 0.0964. The molecular formula is C30H46ClN3O2. The largest absolute Gasteiger partial charge is 0.489 e. The van der Waals surface area contributed by atoms with E-state index in [4.69, 9.17) is 26.4 Å². The molecule has 5 nitrogen and oxygen atoms in total. The number of nitriles is 1. The summed E-state index contributed by atoms with van der Waals surface area (Å²) < 4.78 is 5.82. The van der Waals surface area contributed by atoms with Gasteiger partial charge in [0.1, 0.15) is 18.2 Å². The van der Waals surface area contributed by atoms with Crippen molar-refractivity contribution in [3.05, 3.63) is 70.3 Å². The molecule has 0 bridgehead atoms. The highest BCUT2D eigenvalue weighted by atomic mass is 35.5. The van der Waals surface area contributed by atoms with Gasteiger partial charge in [-0.1, -0.05) is 76.1 Å². The van der Waals surface area contributed by atoms with E-state index in [2.05, 4.69) is 50.8 Å². The van der Waals surface area contributed by atoms with Gasteiger partial charge in [0.25, 0.3) is 0 Å². The van der Waals surface area contributed by atoms with Gasteiger partial charge < -0.3 is 4.74 Å². The highest BCUT2D eigenvalue weighted by Gasteiger charge is 2.05. The summed E-state index contributed by atoms with van der Waals surface area (Å²) in [4.78, 5) is 8.61. The van der Waals surface area contributed by atoms with Gasteiger partial charge >= 0.3 is 0 Å². The lowest BCUT2D eigenvalue weighted by Crippen LogP contribution is -2.20. The molecule has 0 fully saturated rings. The molecule has 2 aromatic rings. The fourth-order valence-electron chi connectivity index (χ4n) is 2.41. The first-order chi connectivity index (χ1) is 17.2. The molecule has 0 aromatic heterocycles. The van der Waals surface area contributed by atoms with Crippen LogP contribution in [0.5, 0.6) is 5.75 Å². The van der Waals surface area contributed by atoms with E-state index >= 15 is 0 Å². The number of halogens is 1. The molecule has 0 saturated heterocycles. The smallest absolute Gasteiger partial charge is 0.120 e. The molecule has 6 heteroatoms. The maximum absolute atomic E-state index is 7.95. The Hall–Kier alpha value is -2.81. The zero-order valence-electron chi connectivity index (χ0n) is 23.6. The Kier molecular flexibility index (Phi) is 23.5. The van der Waals surface area contributed by atoms with Crippen molar-refractivity contribution in [2.75, 3.05) is 13.7 Å². The molecule has 2 rings (SSSR count). The fourth-order valence-corrected chi connectivity index (χ4v) is 2.69. The zero-order valence-corrected chi connectivity index (χ0v) is 24.3. The molecule has 0 spiro atoms. The van der Waals surface area contributed by atoms with E-state index in [-0.39, 0.29) is 0 Å². The molecule has 0 radical (unpaired) electrons. The van der Waals surface area contributed by atoms with E-state index in [9.17, 15) is 0 Å². The average Bonchev–Trinajstić information content (AvgIpc) is 2.87. The Labute approximate surface area is 225 Å². The van der Waals surface area contributed by atoms with Gasteiger partial charge in [-0.15, -0.1) is 0 Å². The maximum Gasteiger partial charge on any atom is 0.120 e. The first kappa shape index (κ1) is 35.4. The zero-order chi connectivity index (χ0) is 27.8. The minimum absolute atomic E-state index is 0.477. The Morgan fingerprint density at radius 3 is 2.28 bits per heavy atom. The van der Waals surface area contributed by atoms with Crippen LogP contribution in [-0.4, -0.2) is 19.5 Å². The van der Waals surface area contributed by atoms with Gasteiger partial charge in [-0.2, -0.15) is 5.26 Å². The topological polar surface area (TPSA) is 66.6 Å². The molecule has 0 unspecified atom stereocenters. The fraction of sp³-hybridized carbons (Fsp3) is 0.467. The number of aliphatic imine (C=N–C) groups is 1. The predicted octanol–water partition coefficient (Wildman–Crippen LogP) is 8.87. The number of hydrogen-bond donors (Lipinski definition) is 1. The third kappa shape index (κ3) is 17.6. The number of rotatable bonds is 8. The minimum atomic E-state index is 0.477. The van der Waals surface area contributed by atoms with Gasteiger partial charge in [0.15, 0.2) is 0 Å². The van der Waals surface area contributed by atoms with Crippen LogP contribution in [0, 0.1) is 25.2 Å². The molecular weight excluding hydrogens is 470 g/mol. The number of aryl methyl sites for hydroxylation is 2. The number of ether oxygens (including phenoxy) is 1. The van der Waals surface area contributed by atoms with Crippen LogP contribution in [0.25, 0.3) is 6.08 Å². The normalized spacial score (nSPS) is 9.72. The van der Waals surface area contributed by atoms with Crippen LogP contribution in [0.15, 0.2) is 48.0 Å². The van der Waals surface area contributed by atoms with E-state index in [1.54, 1.807) is 7.05 Å². The van der Waals surface area contributed by atoms with E-state index in [1.165, 1.54) is 12.0 Å². The number of nitrogens with zero attached hydrogens (tertiary/aromatic N) is 2. The lowest BCUT2D eigenvalue weighted by Gasteiger charge is -2.11. The third-order valence-corrected chi connectivity index (χ3v) is 4.90. The van der Waals surface area contributed by atoms with Crippen LogP contribution in [0.1, 0.15) is 82.6 Å². The number of unbranched alkanes of at least 4 members (excludes halogenated alkanes) is 2. The van der Waals surface area contributed by atoms with Gasteiger partial charge in [0.2, 0.25) is 0 Å². The van der Waals surface area contributed by atoms with Gasteiger partial charge in [-0.05, 0) is 69.0 Å². The second-order valence-electron chi connectivity index (χ2n) is 7.86. The summed E-state index contributed by atoms with van der Waals surface area (Å²) in [5, 5.41) is 8.69. The quantitative estimate of drug-likeness (QED) is 0.165. The maximum atomic E-state index is 7.95. The van der Waals surface area contributed by atoms with Crippen LogP contribution < -0.4 is 10.2 Å². The number of hydroxylamine groups is 1. The van der Waals surface area contributed by atoms with Crippen LogP contribution in [0.4, 0.5) is 0 Å². The number of nitrogens with one attached hydrogen (secondary N) is 1. The summed E-state index contributed by atoms with van der Waals surface area (Å²) in [5.74, 6) is 1.63. The van der Waals surface area contributed by atoms with Gasteiger partial charge in [0.05, 0.1) is 12.7 Å². The van der Waals surface area contributed by atoms with Crippen molar-refractivity contribution in [1.82, 2.24) is 5.48 Å². The molecule has 0 saturated carbocycles. The van der Waals surface area contributed by atoms with E-state index in [0.29, 0.717) is 13.2 Å². The predicted molar refractivity (Wildman–Crippen MR) is 157 cm³/mol. The van der Waals surface area contributed by atoms with Crippen molar-refractivity contribution < 1.29 is 9.57 Å². The molecule has 0 amide bonds. The van der Waals surface area contributed by atoms with Crippen molar-refractivity contribution in [3.63, 3.8) is 0 Å². The molecule has 0 aliphatic rings. The summed E-state index contributed by atoms with van der Waals surface area (Å²) in [6.07, 6.45) is 5.99. The van der Waals surface area contributed by atoms with Crippen molar-refractivity contribution in [1.29, 1.82) is 5.26 Å². The van der Waals surface area contributed by atoms with Gasteiger partial charge in [0, 0.05) is 24.1 Å². The Balaban J connectivity index is 0. The second-order valence-corrected chi connectivity index (χ2v) is 8.27. The number of hydrogen-bond acceptors (Lipinski definition) is 4. The summed E-state index contributed by atoms with van der Waals surface area (Å²) in [6, 6.07) is 13.9. The SMILES string of the molecule is C=Cc1cc(OCc2c(C)cccc2Cl)ccc1C.CCC.CCCCC#N.CCONC(C)=NC. The standard InChI is InChI=1S/C17H17ClO.C5H12N2O.C5H9N.C3H8/c1-4-14-10-15(9-8-12(14)2)19-11-16-13(3)6-5-7-17(16)18;1-4-8-7-5(2)6-3;1-2-3-4-5-6;1-3-2/h4-10H,1,11H2,2-3H3;4H2,1-3H3,(H,6,7);2-4H2,1H3;3H2,1-2H3. The lowest BCUT2D eigenvalue weighted by atomic mass is 10.1. The highest BCUT2D eigenvalue weighted by Crippen LogP contribution is 2.23. The van der Waals surface area contributed by atoms with Crippen LogP contribution >= 0.6 is 11.6 Å². The van der Waals surface area contributed by atoms with Gasteiger partial charge in [-0.3, -0.25) is 15.3 Å². The second kappa shape index (κ2) is 23.9. The number of amidine groups is 1. The van der Waals surface area contributed by atoms with Crippen LogP contribution in [0.2, 0.25) is 5.02 Å². The van der Waals surface area contributed by atoms with Gasteiger partial charge in [-0.25, -0.2) is 0 Å². The van der Waals surface area contributed by atoms with Crippen LogP contribution in [0.3, 0.4) is 0 Å². The molecule has 0 heterocycles. The summed E-state index contributed by atoms with van der Waals surface area (Å²) >= 11 is 6.18. The highest BCUT2D eigenvalue weighted by molar-refractivity contribution is 6.31. The first-order valence-electron chi connectivity index (χ1n) is 12.5. The monoisotopic (exact) mass is 515 g/mol.